The maximum atomic E-state index is 13.3. The maximum absolute atomic E-state index is 13.3. The number of benzene rings is 2. The molecule has 106 valence electrons. The van der Waals surface area contributed by atoms with Crippen molar-refractivity contribution in [3.8, 4) is 0 Å². The maximum Gasteiger partial charge on any atom is 0.416 e. The van der Waals surface area contributed by atoms with Gasteiger partial charge in [0.05, 0.1) is 10.6 Å². The third-order valence-corrected chi connectivity index (χ3v) is 3.20. The third-order valence-electron chi connectivity index (χ3n) is 2.81. The molecule has 6 heteroatoms. The van der Waals surface area contributed by atoms with Gasteiger partial charge < -0.3 is 5.11 Å². The van der Waals surface area contributed by atoms with Crippen molar-refractivity contribution < 1.29 is 22.7 Å². The van der Waals surface area contributed by atoms with Crippen molar-refractivity contribution in [2.45, 2.75) is 12.3 Å². The van der Waals surface area contributed by atoms with Gasteiger partial charge in [0.2, 0.25) is 0 Å². The molecular weight excluding hydrogens is 296 g/mol. The number of hydrogen-bond donors (Lipinski definition) is 1. The molecule has 1 unspecified atom stereocenters. The summed E-state index contributed by atoms with van der Waals surface area (Å²) in [6, 6.07) is 7.99. The summed E-state index contributed by atoms with van der Waals surface area (Å²) in [4.78, 5) is 0. The van der Waals surface area contributed by atoms with E-state index in [0.29, 0.717) is 0 Å². The molecule has 1 atom stereocenters. The second kappa shape index (κ2) is 5.42. The fourth-order valence-electron chi connectivity index (χ4n) is 1.80. The van der Waals surface area contributed by atoms with Crippen LogP contribution in [-0.4, -0.2) is 5.11 Å². The summed E-state index contributed by atoms with van der Waals surface area (Å²) in [5.41, 5.74) is -0.875. The summed E-state index contributed by atoms with van der Waals surface area (Å²) in [6.07, 6.45) is -5.94. The monoisotopic (exact) mass is 304 g/mol. The van der Waals surface area contributed by atoms with E-state index in [1.807, 2.05) is 0 Å². The fraction of sp³-hybridized carbons (Fsp3) is 0.143. The van der Waals surface area contributed by atoms with E-state index in [-0.39, 0.29) is 16.1 Å². The summed E-state index contributed by atoms with van der Waals surface area (Å²) >= 11 is 5.71. The highest BCUT2D eigenvalue weighted by molar-refractivity contribution is 6.31. The molecule has 0 aromatic heterocycles. The summed E-state index contributed by atoms with van der Waals surface area (Å²) in [5.74, 6) is -0.741. The van der Waals surface area contributed by atoms with Gasteiger partial charge in [-0.15, -0.1) is 0 Å². The highest BCUT2D eigenvalue weighted by atomic mass is 35.5. The lowest BCUT2D eigenvalue weighted by Gasteiger charge is -2.15. The van der Waals surface area contributed by atoms with Gasteiger partial charge in [-0.3, -0.25) is 0 Å². The normalized spacial score (nSPS) is 13.3. The van der Waals surface area contributed by atoms with Gasteiger partial charge in [0.25, 0.3) is 0 Å². The number of alkyl halides is 3. The highest BCUT2D eigenvalue weighted by Crippen LogP contribution is 2.34. The van der Waals surface area contributed by atoms with Crippen LogP contribution in [-0.2, 0) is 6.18 Å². The standard InChI is InChI=1S/C14H9ClF4O/c15-12-10(5-2-6-11(12)16)13(20)8-3-1-4-9(7-8)14(17,18)19/h1-7,13,20H. The van der Waals surface area contributed by atoms with E-state index in [0.717, 1.165) is 18.2 Å². The van der Waals surface area contributed by atoms with Crippen LogP contribution in [0.5, 0.6) is 0 Å². The van der Waals surface area contributed by atoms with E-state index in [1.165, 1.54) is 24.3 Å². The average Bonchev–Trinajstić information content (AvgIpc) is 2.40. The van der Waals surface area contributed by atoms with E-state index < -0.39 is 23.7 Å². The van der Waals surface area contributed by atoms with Crippen molar-refractivity contribution in [3.05, 3.63) is 70.0 Å². The molecule has 1 N–H and O–H groups in total. The van der Waals surface area contributed by atoms with Crippen LogP contribution in [0.2, 0.25) is 5.02 Å². The summed E-state index contributed by atoms with van der Waals surface area (Å²) in [7, 11) is 0. The smallest absolute Gasteiger partial charge is 0.384 e. The number of halogens is 5. The van der Waals surface area contributed by atoms with Crippen molar-refractivity contribution in [2.75, 3.05) is 0 Å². The lowest BCUT2D eigenvalue weighted by atomic mass is 9.99. The van der Waals surface area contributed by atoms with Crippen LogP contribution in [0.15, 0.2) is 42.5 Å². The Hall–Kier alpha value is -1.59. The summed E-state index contributed by atoms with van der Waals surface area (Å²) < 4.78 is 51.1. The van der Waals surface area contributed by atoms with Crippen molar-refractivity contribution in [1.29, 1.82) is 0 Å². The quantitative estimate of drug-likeness (QED) is 0.805. The first kappa shape index (κ1) is 14.8. The van der Waals surface area contributed by atoms with Crippen molar-refractivity contribution in [2.24, 2.45) is 0 Å². The summed E-state index contributed by atoms with van der Waals surface area (Å²) in [6.45, 7) is 0. The van der Waals surface area contributed by atoms with Gasteiger partial charge in [0.15, 0.2) is 0 Å². The zero-order chi connectivity index (χ0) is 14.9. The second-order valence-corrected chi connectivity index (χ2v) is 4.55. The molecule has 20 heavy (non-hydrogen) atoms. The Labute approximate surface area is 117 Å². The topological polar surface area (TPSA) is 20.2 Å². The van der Waals surface area contributed by atoms with Crippen LogP contribution in [0, 0.1) is 5.82 Å². The van der Waals surface area contributed by atoms with Gasteiger partial charge in [-0.1, -0.05) is 35.9 Å². The summed E-state index contributed by atoms with van der Waals surface area (Å²) in [5, 5.41) is 9.76. The molecule has 0 aliphatic heterocycles. The molecule has 0 aliphatic carbocycles. The molecule has 0 amide bonds. The molecule has 0 radical (unpaired) electrons. The number of rotatable bonds is 2. The average molecular weight is 305 g/mol. The van der Waals surface area contributed by atoms with Crippen LogP contribution in [0.25, 0.3) is 0 Å². The molecular formula is C14H9ClF4O. The first-order valence-electron chi connectivity index (χ1n) is 5.60. The van der Waals surface area contributed by atoms with E-state index >= 15 is 0 Å². The Morgan fingerprint density at radius 2 is 1.70 bits per heavy atom. The van der Waals surface area contributed by atoms with E-state index in [2.05, 4.69) is 0 Å². The van der Waals surface area contributed by atoms with E-state index in [4.69, 9.17) is 11.6 Å². The highest BCUT2D eigenvalue weighted by Gasteiger charge is 2.31. The molecule has 2 rings (SSSR count). The Balaban J connectivity index is 2.44. The number of hydrogen-bond acceptors (Lipinski definition) is 1. The van der Waals surface area contributed by atoms with Gasteiger partial charge >= 0.3 is 6.18 Å². The van der Waals surface area contributed by atoms with Crippen molar-refractivity contribution in [1.82, 2.24) is 0 Å². The minimum absolute atomic E-state index is 0.00711. The molecule has 2 aromatic rings. The first-order valence-corrected chi connectivity index (χ1v) is 5.97. The Kier molecular flexibility index (Phi) is 4.01. The van der Waals surface area contributed by atoms with Crippen LogP contribution in [0.4, 0.5) is 17.6 Å². The molecule has 0 spiro atoms. The molecule has 0 saturated carbocycles. The van der Waals surface area contributed by atoms with E-state index in [1.54, 1.807) is 0 Å². The van der Waals surface area contributed by atoms with E-state index in [9.17, 15) is 22.7 Å². The minimum atomic E-state index is -4.51. The largest absolute Gasteiger partial charge is 0.416 e. The van der Waals surface area contributed by atoms with Crippen molar-refractivity contribution in [3.63, 3.8) is 0 Å². The first-order chi connectivity index (χ1) is 9.30. The predicted octanol–water partition coefficient (Wildman–Crippen LogP) is 4.58. The second-order valence-electron chi connectivity index (χ2n) is 4.17. The van der Waals surface area contributed by atoms with Gasteiger partial charge in [-0.05, 0) is 23.8 Å². The molecule has 0 fully saturated rings. The van der Waals surface area contributed by atoms with Gasteiger partial charge in [0, 0.05) is 5.56 Å². The molecule has 1 nitrogen and oxygen atoms in total. The van der Waals surface area contributed by atoms with Crippen LogP contribution in [0.3, 0.4) is 0 Å². The third kappa shape index (κ3) is 2.94. The lowest BCUT2D eigenvalue weighted by Crippen LogP contribution is -2.07. The van der Waals surface area contributed by atoms with Crippen LogP contribution >= 0.6 is 11.6 Å². The fourth-order valence-corrected chi connectivity index (χ4v) is 2.03. The van der Waals surface area contributed by atoms with Gasteiger partial charge in [0.1, 0.15) is 11.9 Å². The molecule has 0 bridgehead atoms. The minimum Gasteiger partial charge on any atom is -0.384 e. The Bertz CT molecular complexity index is 625. The molecule has 0 aliphatic rings. The van der Waals surface area contributed by atoms with Crippen LogP contribution in [0.1, 0.15) is 22.8 Å². The van der Waals surface area contributed by atoms with Crippen LogP contribution < -0.4 is 0 Å². The van der Waals surface area contributed by atoms with Gasteiger partial charge in [-0.25, -0.2) is 4.39 Å². The molecule has 0 heterocycles. The SMILES string of the molecule is OC(c1cccc(C(F)(F)F)c1)c1cccc(F)c1Cl. The van der Waals surface area contributed by atoms with Crippen molar-refractivity contribution >= 4 is 11.6 Å². The molecule has 2 aromatic carbocycles. The zero-order valence-corrected chi connectivity index (χ0v) is 10.7. The van der Waals surface area contributed by atoms with Gasteiger partial charge in [-0.2, -0.15) is 13.2 Å². The molecule has 0 saturated heterocycles. The zero-order valence-electron chi connectivity index (χ0n) is 9.96. The number of aliphatic hydroxyl groups is 1. The predicted molar refractivity (Wildman–Crippen MR) is 66.9 cm³/mol. The number of aliphatic hydroxyl groups excluding tert-OH is 1. The lowest BCUT2D eigenvalue weighted by molar-refractivity contribution is -0.137. The Morgan fingerprint density at radius 3 is 2.35 bits per heavy atom. The Morgan fingerprint density at radius 1 is 1.05 bits per heavy atom.